The van der Waals surface area contributed by atoms with E-state index in [1.807, 2.05) is 0 Å². The molecule has 0 heterocycles. The molecule has 6 nitrogen and oxygen atoms in total. The molecule has 7 heteroatoms. The van der Waals surface area contributed by atoms with Crippen LogP contribution in [0.2, 0.25) is 5.02 Å². The lowest BCUT2D eigenvalue weighted by molar-refractivity contribution is -0.131. The fourth-order valence-corrected chi connectivity index (χ4v) is 2.83. The molecular weight excluding hydrogens is 320 g/mol. The molecule has 2 aromatic carbocycles. The van der Waals surface area contributed by atoms with E-state index in [2.05, 4.69) is 0 Å². The first-order valence-corrected chi connectivity index (χ1v) is 6.99. The number of esters is 1. The predicted octanol–water partition coefficient (Wildman–Crippen LogP) is 2.21. The number of fused-ring (bicyclic) bond motifs is 2. The molecule has 0 radical (unpaired) electrons. The van der Waals surface area contributed by atoms with Crippen molar-refractivity contribution in [3.05, 3.63) is 51.5 Å². The third kappa shape index (κ3) is 2.07. The van der Waals surface area contributed by atoms with Crippen LogP contribution in [0.5, 0.6) is 5.75 Å². The Bertz CT molecular complexity index is 905. The molecule has 0 atom stereocenters. The van der Waals surface area contributed by atoms with Crippen LogP contribution in [-0.2, 0) is 4.79 Å². The number of ketones is 2. The Hall–Kier alpha value is -2.86. The topological polar surface area (TPSA) is 112 Å². The average molecular weight is 331 g/mol. The van der Waals surface area contributed by atoms with E-state index < -0.39 is 17.5 Å². The molecule has 0 unspecified atom stereocenters. The molecule has 116 valence electrons. The summed E-state index contributed by atoms with van der Waals surface area (Å²) in [5, 5.41) is -0.169. The van der Waals surface area contributed by atoms with Crippen molar-refractivity contribution in [2.45, 2.75) is 6.92 Å². The second-order valence-electron chi connectivity index (χ2n) is 5.02. The fourth-order valence-electron chi connectivity index (χ4n) is 2.60. The summed E-state index contributed by atoms with van der Waals surface area (Å²) in [6.07, 6.45) is 0. The number of hydrogen-bond donors (Lipinski definition) is 2. The van der Waals surface area contributed by atoms with Gasteiger partial charge in [0.25, 0.3) is 0 Å². The number of halogens is 1. The molecule has 0 spiro atoms. The van der Waals surface area contributed by atoms with E-state index in [0.717, 1.165) is 6.92 Å². The Balaban J connectivity index is 2.37. The van der Waals surface area contributed by atoms with Gasteiger partial charge in [-0.15, -0.1) is 0 Å². The van der Waals surface area contributed by atoms with Crippen molar-refractivity contribution in [2.24, 2.45) is 0 Å². The maximum atomic E-state index is 12.7. The van der Waals surface area contributed by atoms with Crippen LogP contribution in [0.3, 0.4) is 0 Å². The molecule has 4 N–H and O–H groups in total. The summed E-state index contributed by atoms with van der Waals surface area (Å²) in [6.45, 7) is 1.16. The molecule has 0 fully saturated rings. The molecule has 3 rings (SSSR count). The second-order valence-corrected chi connectivity index (χ2v) is 5.40. The van der Waals surface area contributed by atoms with E-state index in [4.69, 9.17) is 27.8 Å². The first kappa shape index (κ1) is 15.1. The number of hydrogen-bond acceptors (Lipinski definition) is 6. The number of ether oxygens (including phenoxy) is 1. The minimum absolute atomic E-state index is 0.0629. The van der Waals surface area contributed by atoms with Crippen molar-refractivity contribution in [3.63, 3.8) is 0 Å². The smallest absolute Gasteiger partial charge is 0.308 e. The molecular formula is C16H11ClN2O4. The van der Waals surface area contributed by atoms with Gasteiger partial charge in [-0.3, -0.25) is 14.4 Å². The number of nitrogen functional groups attached to an aromatic ring is 2. The molecule has 2 aromatic rings. The summed E-state index contributed by atoms with van der Waals surface area (Å²) in [4.78, 5) is 36.6. The molecule has 1 aliphatic carbocycles. The van der Waals surface area contributed by atoms with Crippen LogP contribution in [0.15, 0.2) is 24.3 Å². The third-order valence-electron chi connectivity index (χ3n) is 3.59. The summed E-state index contributed by atoms with van der Waals surface area (Å²) in [5.74, 6) is -1.80. The van der Waals surface area contributed by atoms with Gasteiger partial charge in [-0.05, 0) is 0 Å². The van der Waals surface area contributed by atoms with E-state index in [1.54, 1.807) is 12.1 Å². The van der Waals surface area contributed by atoms with Crippen LogP contribution in [0.4, 0.5) is 11.4 Å². The van der Waals surface area contributed by atoms with E-state index >= 15 is 0 Å². The van der Waals surface area contributed by atoms with Crippen LogP contribution in [0.25, 0.3) is 0 Å². The molecule has 0 aliphatic heterocycles. The summed E-state index contributed by atoms with van der Waals surface area (Å²) >= 11 is 6.07. The Kier molecular flexibility index (Phi) is 3.34. The molecule has 0 amide bonds. The van der Waals surface area contributed by atoms with Gasteiger partial charge < -0.3 is 16.2 Å². The van der Waals surface area contributed by atoms with E-state index in [1.165, 1.54) is 12.1 Å². The zero-order valence-electron chi connectivity index (χ0n) is 12.0. The highest BCUT2D eigenvalue weighted by Crippen LogP contribution is 2.45. The zero-order chi connectivity index (χ0) is 16.9. The van der Waals surface area contributed by atoms with Crippen molar-refractivity contribution in [1.82, 2.24) is 0 Å². The summed E-state index contributed by atoms with van der Waals surface area (Å²) < 4.78 is 4.95. The highest BCUT2D eigenvalue weighted by molar-refractivity contribution is 6.40. The van der Waals surface area contributed by atoms with Gasteiger partial charge in [-0.2, -0.15) is 0 Å². The van der Waals surface area contributed by atoms with Crippen LogP contribution >= 0.6 is 11.6 Å². The standard InChI is InChI=1S/C16H11ClN2O4/c1-6(20)23-16-11(17)12(18)9-10(13(16)19)15(22)8-5-3-2-4-7(8)14(9)21/h2-5H,18-19H2,1H3. The molecule has 0 bridgehead atoms. The van der Waals surface area contributed by atoms with Crippen molar-refractivity contribution in [2.75, 3.05) is 11.5 Å². The van der Waals surface area contributed by atoms with Gasteiger partial charge in [-0.25, -0.2) is 0 Å². The van der Waals surface area contributed by atoms with E-state index in [9.17, 15) is 14.4 Å². The Labute approximate surface area is 136 Å². The van der Waals surface area contributed by atoms with Crippen molar-refractivity contribution in [3.8, 4) is 5.75 Å². The average Bonchev–Trinajstić information content (AvgIpc) is 2.52. The maximum absolute atomic E-state index is 12.7. The predicted molar refractivity (Wildman–Crippen MR) is 84.9 cm³/mol. The van der Waals surface area contributed by atoms with E-state index in [-0.39, 0.29) is 44.4 Å². The van der Waals surface area contributed by atoms with Crippen molar-refractivity contribution < 1.29 is 19.1 Å². The lowest BCUT2D eigenvalue weighted by Crippen LogP contribution is -2.24. The summed E-state index contributed by atoms with van der Waals surface area (Å²) in [6, 6.07) is 6.33. The third-order valence-corrected chi connectivity index (χ3v) is 3.96. The number of rotatable bonds is 1. The number of carbonyl (C=O) groups excluding carboxylic acids is 3. The normalized spacial score (nSPS) is 12.6. The highest BCUT2D eigenvalue weighted by atomic mass is 35.5. The van der Waals surface area contributed by atoms with Crippen LogP contribution < -0.4 is 16.2 Å². The van der Waals surface area contributed by atoms with Gasteiger partial charge in [0.15, 0.2) is 17.3 Å². The minimum atomic E-state index is -0.673. The van der Waals surface area contributed by atoms with Crippen LogP contribution in [0, 0.1) is 0 Å². The van der Waals surface area contributed by atoms with Crippen molar-refractivity contribution >= 4 is 40.5 Å². The summed E-state index contributed by atoms with van der Waals surface area (Å²) in [5.41, 5.74) is 11.8. The molecule has 1 aliphatic rings. The molecule has 23 heavy (non-hydrogen) atoms. The van der Waals surface area contributed by atoms with Crippen LogP contribution in [-0.4, -0.2) is 17.5 Å². The molecule has 0 aromatic heterocycles. The Morgan fingerprint density at radius 1 is 1.00 bits per heavy atom. The van der Waals surface area contributed by atoms with Gasteiger partial charge in [0.1, 0.15) is 5.02 Å². The Morgan fingerprint density at radius 3 is 1.96 bits per heavy atom. The monoisotopic (exact) mass is 330 g/mol. The first-order chi connectivity index (χ1) is 10.8. The van der Waals surface area contributed by atoms with Gasteiger partial charge in [0.2, 0.25) is 0 Å². The quantitative estimate of drug-likeness (QED) is 0.402. The van der Waals surface area contributed by atoms with Crippen LogP contribution in [0.1, 0.15) is 38.8 Å². The Morgan fingerprint density at radius 2 is 1.48 bits per heavy atom. The lowest BCUT2D eigenvalue weighted by atomic mass is 9.82. The van der Waals surface area contributed by atoms with E-state index in [0.29, 0.717) is 0 Å². The SMILES string of the molecule is CC(=O)Oc1c(N)c2c(c(N)c1Cl)C(=O)c1ccccc1C2=O. The highest BCUT2D eigenvalue weighted by Gasteiger charge is 2.36. The largest absolute Gasteiger partial charge is 0.423 e. The first-order valence-electron chi connectivity index (χ1n) is 6.61. The number of anilines is 2. The lowest BCUT2D eigenvalue weighted by Gasteiger charge is -2.23. The molecule has 0 saturated heterocycles. The van der Waals surface area contributed by atoms with Gasteiger partial charge in [0, 0.05) is 18.1 Å². The summed E-state index contributed by atoms with van der Waals surface area (Å²) in [7, 11) is 0. The molecule has 0 saturated carbocycles. The van der Waals surface area contributed by atoms with Gasteiger partial charge in [0.05, 0.1) is 22.5 Å². The number of carbonyl (C=O) groups is 3. The number of benzene rings is 2. The van der Waals surface area contributed by atoms with Gasteiger partial charge in [-0.1, -0.05) is 35.9 Å². The van der Waals surface area contributed by atoms with Gasteiger partial charge >= 0.3 is 5.97 Å². The minimum Gasteiger partial charge on any atom is -0.423 e. The fraction of sp³-hybridized carbons (Fsp3) is 0.0625. The second kappa shape index (κ2) is 5.10. The zero-order valence-corrected chi connectivity index (χ0v) is 12.7. The number of nitrogens with two attached hydrogens (primary N) is 2. The maximum Gasteiger partial charge on any atom is 0.308 e. The van der Waals surface area contributed by atoms with Crippen molar-refractivity contribution in [1.29, 1.82) is 0 Å².